The molecule has 1 unspecified atom stereocenters. The third kappa shape index (κ3) is 3.33. The minimum atomic E-state index is -1.05. The van der Waals surface area contributed by atoms with Gasteiger partial charge in [0.25, 0.3) is 0 Å². The largest absolute Gasteiger partial charge is 0.480 e. The van der Waals surface area contributed by atoms with Crippen molar-refractivity contribution in [2.45, 2.75) is 37.3 Å². The van der Waals surface area contributed by atoms with Gasteiger partial charge in [-0.15, -0.1) is 0 Å². The number of carboxylic acid groups (broad SMARTS) is 1. The number of carbonyl (C=O) groups is 2. The number of carbonyl (C=O) groups excluding carboxylic acids is 1. The number of aliphatic carboxylic acids is 1. The lowest BCUT2D eigenvalue weighted by atomic mass is 9.31. The van der Waals surface area contributed by atoms with E-state index in [4.69, 9.17) is 27.9 Å². The number of hydrogen-bond donors (Lipinski definition) is 2. The standard InChI is InChI=1S/C21H19Cl2NO4/c22-15-6-14(7-16(23)8-15)20-10-21(11-20,12-20)17(18(25)26)24-19(27)28-9-13-4-2-1-3-5-13/h1-8,17H,9-12H2,(H,24,27)(H,25,26). The molecule has 5 nitrogen and oxygen atoms in total. The van der Waals surface area contributed by atoms with Crippen LogP contribution in [0.5, 0.6) is 0 Å². The van der Waals surface area contributed by atoms with Gasteiger partial charge in [0.15, 0.2) is 0 Å². The summed E-state index contributed by atoms with van der Waals surface area (Å²) in [6.07, 6.45) is 1.30. The fraction of sp³-hybridized carbons (Fsp3) is 0.333. The van der Waals surface area contributed by atoms with Gasteiger partial charge < -0.3 is 15.2 Å². The molecule has 0 spiro atoms. The lowest BCUT2D eigenvalue weighted by Crippen LogP contribution is -2.73. The fourth-order valence-corrected chi connectivity index (χ4v) is 5.22. The highest BCUT2D eigenvalue weighted by Gasteiger charge is 2.72. The van der Waals surface area contributed by atoms with E-state index in [9.17, 15) is 14.7 Å². The summed E-state index contributed by atoms with van der Waals surface area (Å²) in [7, 11) is 0. The lowest BCUT2D eigenvalue weighted by molar-refractivity contribution is -0.183. The number of rotatable bonds is 6. The molecule has 146 valence electrons. The van der Waals surface area contributed by atoms with Crippen LogP contribution in [-0.4, -0.2) is 23.2 Å². The number of ether oxygens (including phenoxy) is 1. The van der Waals surface area contributed by atoms with E-state index in [1.807, 2.05) is 42.5 Å². The van der Waals surface area contributed by atoms with Crippen LogP contribution in [0.2, 0.25) is 10.0 Å². The Balaban J connectivity index is 1.39. The Hall–Kier alpha value is -2.24. The van der Waals surface area contributed by atoms with Crippen molar-refractivity contribution in [3.63, 3.8) is 0 Å². The Bertz CT molecular complexity index is 891. The predicted molar refractivity (Wildman–Crippen MR) is 106 cm³/mol. The van der Waals surface area contributed by atoms with Gasteiger partial charge in [0.2, 0.25) is 0 Å². The Labute approximate surface area is 172 Å². The molecule has 3 aliphatic rings. The van der Waals surface area contributed by atoms with Crippen LogP contribution in [-0.2, 0) is 21.6 Å². The Morgan fingerprint density at radius 2 is 1.68 bits per heavy atom. The monoisotopic (exact) mass is 419 g/mol. The summed E-state index contributed by atoms with van der Waals surface area (Å²) in [6.45, 7) is 0.0942. The normalized spacial score (nSPS) is 25.8. The first-order valence-electron chi connectivity index (χ1n) is 8.99. The SMILES string of the molecule is O=C(NC(C(=O)O)C12CC(c3cc(Cl)cc(Cl)c3)(C1)C2)OCc1ccccc1. The van der Waals surface area contributed by atoms with Gasteiger partial charge in [-0.2, -0.15) is 0 Å². The summed E-state index contributed by atoms with van der Waals surface area (Å²) in [5.41, 5.74) is 1.32. The van der Waals surface area contributed by atoms with Crippen LogP contribution in [0.3, 0.4) is 0 Å². The second-order valence-electron chi connectivity index (χ2n) is 7.81. The van der Waals surface area contributed by atoms with Crippen molar-refractivity contribution < 1.29 is 19.4 Å². The van der Waals surface area contributed by atoms with E-state index < -0.39 is 23.5 Å². The topological polar surface area (TPSA) is 75.6 Å². The molecule has 2 aromatic rings. The van der Waals surface area contributed by atoms with Gasteiger partial charge in [-0.3, -0.25) is 0 Å². The molecule has 2 N–H and O–H groups in total. The van der Waals surface area contributed by atoms with Gasteiger partial charge in [0.1, 0.15) is 12.6 Å². The van der Waals surface area contributed by atoms with E-state index >= 15 is 0 Å². The van der Waals surface area contributed by atoms with Crippen molar-refractivity contribution in [2.24, 2.45) is 5.41 Å². The maximum absolute atomic E-state index is 12.1. The number of hydrogen-bond acceptors (Lipinski definition) is 3. The Kier molecular flexibility index (Phi) is 4.76. The van der Waals surface area contributed by atoms with Crippen LogP contribution in [0.4, 0.5) is 4.79 Å². The molecular formula is C21H19Cl2NO4. The average molecular weight is 420 g/mol. The van der Waals surface area contributed by atoms with Crippen molar-refractivity contribution >= 4 is 35.3 Å². The second kappa shape index (κ2) is 6.98. The van der Waals surface area contributed by atoms with Gasteiger partial charge in [0.05, 0.1) is 0 Å². The molecule has 3 saturated carbocycles. The molecule has 2 bridgehead atoms. The molecule has 2 aromatic carbocycles. The van der Waals surface area contributed by atoms with Crippen molar-refractivity contribution in [1.82, 2.24) is 5.32 Å². The maximum atomic E-state index is 12.1. The fourth-order valence-electron chi connectivity index (χ4n) is 4.70. The zero-order valence-electron chi connectivity index (χ0n) is 15.0. The smallest absolute Gasteiger partial charge is 0.408 e. The predicted octanol–water partition coefficient (Wildman–Crippen LogP) is 4.79. The van der Waals surface area contributed by atoms with Crippen LogP contribution in [0, 0.1) is 5.41 Å². The zero-order valence-corrected chi connectivity index (χ0v) is 16.5. The van der Waals surface area contributed by atoms with Crippen molar-refractivity contribution in [2.75, 3.05) is 0 Å². The molecule has 3 fully saturated rings. The summed E-state index contributed by atoms with van der Waals surface area (Å²) in [5.74, 6) is -1.05. The molecule has 1 atom stereocenters. The van der Waals surface area contributed by atoms with E-state index in [0.29, 0.717) is 29.3 Å². The van der Waals surface area contributed by atoms with E-state index in [1.54, 1.807) is 6.07 Å². The van der Waals surface area contributed by atoms with Gasteiger partial charge in [-0.1, -0.05) is 53.5 Å². The lowest BCUT2D eigenvalue weighted by Gasteiger charge is -2.72. The number of amides is 1. The third-order valence-corrected chi connectivity index (χ3v) is 6.32. The average Bonchev–Trinajstić information content (AvgIpc) is 2.57. The molecule has 0 aliphatic heterocycles. The molecule has 5 rings (SSSR count). The van der Waals surface area contributed by atoms with Gasteiger partial charge in [0, 0.05) is 15.5 Å². The van der Waals surface area contributed by atoms with Gasteiger partial charge in [-0.05, 0) is 54.0 Å². The first-order chi connectivity index (χ1) is 13.3. The molecule has 0 aromatic heterocycles. The van der Waals surface area contributed by atoms with Crippen molar-refractivity contribution in [1.29, 1.82) is 0 Å². The van der Waals surface area contributed by atoms with E-state index in [2.05, 4.69) is 5.32 Å². The summed E-state index contributed by atoms with van der Waals surface area (Å²) in [6, 6.07) is 13.7. The quantitative estimate of drug-likeness (QED) is 0.705. The Morgan fingerprint density at radius 3 is 2.25 bits per heavy atom. The van der Waals surface area contributed by atoms with Gasteiger partial charge >= 0.3 is 12.1 Å². The van der Waals surface area contributed by atoms with E-state index in [1.165, 1.54) is 0 Å². The molecular weight excluding hydrogens is 401 g/mol. The highest BCUT2D eigenvalue weighted by molar-refractivity contribution is 6.34. The minimum Gasteiger partial charge on any atom is -0.480 e. The van der Waals surface area contributed by atoms with Crippen LogP contribution in [0.1, 0.15) is 30.4 Å². The summed E-state index contributed by atoms with van der Waals surface area (Å²) < 4.78 is 5.18. The van der Waals surface area contributed by atoms with Crippen LogP contribution in [0.15, 0.2) is 48.5 Å². The molecule has 1 amide bonds. The van der Waals surface area contributed by atoms with Crippen molar-refractivity contribution in [3.05, 3.63) is 69.7 Å². The number of carboxylic acids is 1. The zero-order chi connectivity index (χ0) is 19.9. The molecule has 3 aliphatic carbocycles. The van der Waals surface area contributed by atoms with Crippen molar-refractivity contribution in [3.8, 4) is 0 Å². The first-order valence-corrected chi connectivity index (χ1v) is 9.74. The number of nitrogens with one attached hydrogen (secondary N) is 1. The summed E-state index contributed by atoms with van der Waals surface area (Å²) >= 11 is 12.2. The van der Waals surface area contributed by atoms with Crippen LogP contribution < -0.4 is 5.32 Å². The third-order valence-electron chi connectivity index (χ3n) is 5.88. The molecule has 0 radical (unpaired) electrons. The van der Waals surface area contributed by atoms with E-state index in [-0.39, 0.29) is 12.0 Å². The maximum Gasteiger partial charge on any atom is 0.408 e. The van der Waals surface area contributed by atoms with Crippen LogP contribution in [0.25, 0.3) is 0 Å². The highest BCUT2D eigenvalue weighted by atomic mass is 35.5. The van der Waals surface area contributed by atoms with E-state index in [0.717, 1.165) is 11.1 Å². The Morgan fingerprint density at radius 1 is 1.07 bits per heavy atom. The van der Waals surface area contributed by atoms with Gasteiger partial charge in [-0.25, -0.2) is 9.59 Å². The summed E-state index contributed by atoms with van der Waals surface area (Å²) in [5, 5.41) is 13.3. The highest BCUT2D eigenvalue weighted by Crippen LogP contribution is 2.75. The summed E-state index contributed by atoms with van der Waals surface area (Å²) in [4.78, 5) is 24.0. The first kappa shape index (κ1) is 19.1. The number of benzene rings is 2. The number of alkyl carbamates (subject to hydrolysis) is 1. The molecule has 28 heavy (non-hydrogen) atoms. The number of halogens is 2. The van der Waals surface area contributed by atoms with Crippen LogP contribution >= 0.6 is 23.2 Å². The molecule has 0 heterocycles. The second-order valence-corrected chi connectivity index (χ2v) is 8.68. The minimum absolute atomic E-state index is 0.0942. The molecule has 7 heteroatoms. The molecule has 0 saturated heterocycles.